The Morgan fingerprint density at radius 1 is 1.05 bits per heavy atom. The molecule has 3 N–H and O–H groups in total. The van der Waals surface area contributed by atoms with Crippen LogP contribution in [0.25, 0.3) is 0 Å². The minimum absolute atomic E-state index is 0.0160. The summed E-state index contributed by atoms with van der Waals surface area (Å²) in [5.41, 5.74) is 0.0894. The van der Waals surface area contributed by atoms with E-state index in [0.717, 1.165) is 37.0 Å². The predicted octanol–water partition coefficient (Wildman–Crippen LogP) is 2.42. The molecule has 0 radical (unpaired) electrons. The normalized spacial score (nSPS) is 47.6. The summed E-state index contributed by atoms with van der Waals surface area (Å²) in [6.45, 7) is 0.197. The molecular formula is C17H28N2O2. The van der Waals surface area contributed by atoms with Gasteiger partial charge in [-0.1, -0.05) is 6.42 Å². The summed E-state index contributed by atoms with van der Waals surface area (Å²) in [4.78, 5) is 12.4. The van der Waals surface area contributed by atoms with Crippen LogP contribution in [0.3, 0.4) is 0 Å². The van der Waals surface area contributed by atoms with Crippen LogP contribution >= 0.6 is 0 Å². The van der Waals surface area contributed by atoms with Crippen molar-refractivity contribution in [3.05, 3.63) is 0 Å². The van der Waals surface area contributed by atoms with Gasteiger partial charge < -0.3 is 15.7 Å². The molecule has 0 aromatic carbocycles. The molecule has 0 heterocycles. The monoisotopic (exact) mass is 292 g/mol. The van der Waals surface area contributed by atoms with E-state index >= 15 is 0 Å². The molecule has 118 valence electrons. The van der Waals surface area contributed by atoms with Gasteiger partial charge in [0.2, 0.25) is 0 Å². The fraction of sp³-hybridized carbons (Fsp3) is 0.941. The number of rotatable bonds is 3. The second kappa shape index (κ2) is 5.15. The zero-order valence-electron chi connectivity index (χ0n) is 12.8. The number of hydrogen-bond acceptors (Lipinski definition) is 2. The number of hydrogen-bond donors (Lipinski definition) is 3. The lowest BCUT2D eigenvalue weighted by molar-refractivity contribution is -0.0137. The van der Waals surface area contributed by atoms with Crippen LogP contribution in [0.2, 0.25) is 0 Å². The third-order valence-corrected chi connectivity index (χ3v) is 6.63. The average Bonchev–Trinajstić information content (AvgIpc) is 2.83. The maximum absolute atomic E-state index is 12.4. The van der Waals surface area contributed by atoms with Gasteiger partial charge in [-0.25, -0.2) is 4.79 Å². The highest BCUT2D eigenvalue weighted by Gasteiger charge is 2.51. The molecule has 5 rings (SSSR count). The molecule has 0 saturated heterocycles. The molecule has 5 aliphatic rings. The standard InChI is InChI=1S/C17H28N2O2/c20-10-14-2-1-3-15(14)18-16(21)19-17-7-11-4-12(8-17)6-13(5-11)9-17/h11-15,20H,1-10H2,(H2,18,19,21). The third-order valence-electron chi connectivity index (χ3n) is 6.63. The van der Waals surface area contributed by atoms with Crippen LogP contribution in [0, 0.1) is 23.7 Å². The number of aliphatic hydroxyl groups excluding tert-OH is 1. The van der Waals surface area contributed by atoms with Crippen LogP contribution in [0.5, 0.6) is 0 Å². The van der Waals surface area contributed by atoms with Crippen LogP contribution in [0.4, 0.5) is 4.79 Å². The molecule has 5 saturated carbocycles. The van der Waals surface area contributed by atoms with Crippen molar-refractivity contribution in [2.75, 3.05) is 6.61 Å². The Hall–Kier alpha value is -0.770. The quantitative estimate of drug-likeness (QED) is 0.748. The van der Waals surface area contributed by atoms with E-state index in [0.29, 0.717) is 0 Å². The van der Waals surface area contributed by atoms with Crippen molar-refractivity contribution in [2.24, 2.45) is 23.7 Å². The Morgan fingerprint density at radius 2 is 1.67 bits per heavy atom. The van der Waals surface area contributed by atoms with Crippen molar-refractivity contribution in [2.45, 2.75) is 69.4 Å². The molecule has 5 fully saturated rings. The number of urea groups is 1. The summed E-state index contributed by atoms with van der Waals surface area (Å²) < 4.78 is 0. The largest absolute Gasteiger partial charge is 0.396 e. The molecule has 21 heavy (non-hydrogen) atoms. The SMILES string of the molecule is O=C(NC1CCCC1CO)NC12CC3CC(CC(C3)C1)C2. The lowest BCUT2D eigenvalue weighted by Gasteiger charge is -2.56. The van der Waals surface area contributed by atoms with Crippen molar-refractivity contribution in [1.29, 1.82) is 0 Å². The molecule has 0 aromatic rings. The maximum atomic E-state index is 12.4. The van der Waals surface area contributed by atoms with Gasteiger partial charge in [0.05, 0.1) is 0 Å². The third kappa shape index (κ3) is 2.56. The molecule has 5 aliphatic carbocycles. The summed E-state index contributed by atoms with van der Waals surface area (Å²) in [6, 6.07) is 0.186. The highest BCUT2D eigenvalue weighted by atomic mass is 16.3. The van der Waals surface area contributed by atoms with Crippen LogP contribution in [-0.4, -0.2) is 29.3 Å². The van der Waals surface area contributed by atoms with Gasteiger partial charge in [0.15, 0.2) is 0 Å². The average molecular weight is 292 g/mol. The molecule has 0 spiro atoms. The molecule has 2 amide bonds. The lowest BCUT2D eigenvalue weighted by Crippen LogP contribution is -2.62. The van der Waals surface area contributed by atoms with Gasteiger partial charge in [-0.05, 0) is 69.1 Å². The molecular weight excluding hydrogens is 264 g/mol. The number of carbonyl (C=O) groups is 1. The highest BCUT2D eigenvalue weighted by Crippen LogP contribution is 2.55. The maximum Gasteiger partial charge on any atom is 0.315 e. The van der Waals surface area contributed by atoms with E-state index in [2.05, 4.69) is 10.6 Å². The molecule has 0 aliphatic heterocycles. The Bertz CT molecular complexity index is 388. The smallest absolute Gasteiger partial charge is 0.315 e. The van der Waals surface area contributed by atoms with E-state index in [1.807, 2.05) is 0 Å². The van der Waals surface area contributed by atoms with Crippen molar-refractivity contribution in [1.82, 2.24) is 10.6 Å². The van der Waals surface area contributed by atoms with E-state index in [9.17, 15) is 9.90 Å². The molecule has 0 aromatic heterocycles. The first kappa shape index (κ1) is 13.9. The topological polar surface area (TPSA) is 61.4 Å². The number of amides is 2. The number of nitrogens with one attached hydrogen (secondary N) is 2. The van der Waals surface area contributed by atoms with E-state index < -0.39 is 0 Å². The zero-order valence-corrected chi connectivity index (χ0v) is 12.8. The van der Waals surface area contributed by atoms with Crippen molar-refractivity contribution < 1.29 is 9.90 Å². The van der Waals surface area contributed by atoms with Crippen LogP contribution in [0.1, 0.15) is 57.8 Å². The fourth-order valence-electron chi connectivity index (χ4n) is 6.15. The van der Waals surface area contributed by atoms with Crippen molar-refractivity contribution in [3.63, 3.8) is 0 Å². The first-order valence-electron chi connectivity index (χ1n) is 8.85. The Balaban J connectivity index is 1.38. The van der Waals surface area contributed by atoms with Crippen LogP contribution < -0.4 is 10.6 Å². The van der Waals surface area contributed by atoms with Gasteiger partial charge in [0.25, 0.3) is 0 Å². The predicted molar refractivity (Wildman–Crippen MR) is 80.8 cm³/mol. The van der Waals surface area contributed by atoms with Crippen LogP contribution in [-0.2, 0) is 0 Å². The molecule has 2 atom stereocenters. The summed E-state index contributed by atoms with van der Waals surface area (Å²) in [5, 5.41) is 15.9. The first-order chi connectivity index (χ1) is 10.2. The minimum Gasteiger partial charge on any atom is -0.396 e. The first-order valence-corrected chi connectivity index (χ1v) is 8.85. The van der Waals surface area contributed by atoms with Crippen LogP contribution in [0.15, 0.2) is 0 Å². The van der Waals surface area contributed by atoms with Crippen molar-refractivity contribution in [3.8, 4) is 0 Å². The number of aliphatic hydroxyl groups is 1. The summed E-state index contributed by atoms with van der Waals surface area (Å²) in [5.74, 6) is 2.82. The van der Waals surface area contributed by atoms with Gasteiger partial charge in [0, 0.05) is 24.1 Å². The Kier molecular flexibility index (Phi) is 3.40. The van der Waals surface area contributed by atoms with E-state index in [1.54, 1.807) is 0 Å². The molecule has 4 bridgehead atoms. The summed E-state index contributed by atoms with van der Waals surface area (Å²) in [6.07, 6.45) is 11.0. The molecule has 2 unspecified atom stereocenters. The number of carbonyl (C=O) groups excluding carboxylic acids is 1. The highest BCUT2D eigenvalue weighted by molar-refractivity contribution is 5.75. The van der Waals surface area contributed by atoms with Gasteiger partial charge in [0.1, 0.15) is 0 Å². The lowest BCUT2D eigenvalue weighted by atomic mass is 9.53. The molecule has 4 nitrogen and oxygen atoms in total. The minimum atomic E-state index is 0.0160. The van der Waals surface area contributed by atoms with E-state index in [4.69, 9.17) is 0 Å². The zero-order chi connectivity index (χ0) is 14.4. The fourth-order valence-corrected chi connectivity index (χ4v) is 6.15. The Morgan fingerprint density at radius 3 is 2.24 bits per heavy atom. The Labute approximate surface area is 127 Å². The van der Waals surface area contributed by atoms with E-state index in [1.165, 1.54) is 38.5 Å². The second-order valence-electron chi connectivity index (χ2n) is 8.28. The van der Waals surface area contributed by atoms with Gasteiger partial charge in [-0.15, -0.1) is 0 Å². The van der Waals surface area contributed by atoms with E-state index in [-0.39, 0.29) is 30.1 Å². The van der Waals surface area contributed by atoms with Gasteiger partial charge >= 0.3 is 6.03 Å². The van der Waals surface area contributed by atoms with Gasteiger partial charge in [-0.2, -0.15) is 0 Å². The summed E-state index contributed by atoms with van der Waals surface area (Å²) >= 11 is 0. The molecule has 4 heteroatoms. The van der Waals surface area contributed by atoms with Gasteiger partial charge in [-0.3, -0.25) is 0 Å². The second-order valence-corrected chi connectivity index (χ2v) is 8.28. The summed E-state index contributed by atoms with van der Waals surface area (Å²) in [7, 11) is 0. The van der Waals surface area contributed by atoms with Crippen molar-refractivity contribution >= 4 is 6.03 Å².